The second-order valence-electron chi connectivity index (χ2n) is 8.24. The number of hydrogen-bond acceptors (Lipinski definition) is 8. The van der Waals surface area contributed by atoms with Gasteiger partial charge in [0.25, 0.3) is 0 Å². The van der Waals surface area contributed by atoms with Gasteiger partial charge in [0.1, 0.15) is 36.3 Å². The van der Waals surface area contributed by atoms with Crippen LogP contribution in [0.1, 0.15) is 35.4 Å². The number of aromatic nitrogens is 3. The second kappa shape index (κ2) is 10.8. The molecule has 9 nitrogen and oxygen atoms in total. The molecular weight excluding hydrogens is 462 g/mol. The molecule has 0 unspecified atom stereocenters. The van der Waals surface area contributed by atoms with Crippen LogP contribution in [-0.2, 0) is 24.3 Å². The van der Waals surface area contributed by atoms with Gasteiger partial charge in [0.2, 0.25) is 0 Å². The zero-order valence-corrected chi connectivity index (χ0v) is 19.4. The van der Waals surface area contributed by atoms with E-state index in [-0.39, 0.29) is 13.2 Å². The Balaban J connectivity index is 1.55. The molecule has 182 valence electrons. The van der Waals surface area contributed by atoms with Crippen molar-refractivity contribution in [3.05, 3.63) is 76.1 Å². The van der Waals surface area contributed by atoms with E-state index in [4.69, 9.17) is 21.1 Å². The summed E-state index contributed by atoms with van der Waals surface area (Å²) in [6.45, 7) is 2.29. The second-order valence-corrected chi connectivity index (χ2v) is 8.64. The minimum absolute atomic E-state index is 0.0456. The van der Waals surface area contributed by atoms with Crippen LogP contribution in [0, 0.1) is 0 Å². The summed E-state index contributed by atoms with van der Waals surface area (Å²) in [4.78, 5) is 0. The third kappa shape index (κ3) is 5.25. The highest BCUT2D eigenvalue weighted by Gasteiger charge is 2.44. The number of hydrogen-bond donors (Lipinski definition) is 4. The monoisotopic (exact) mass is 489 g/mol. The Kier molecular flexibility index (Phi) is 7.82. The molecule has 3 aromatic rings. The van der Waals surface area contributed by atoms with Gasteiger partial charge in [0, 0.05) is 5.02 Å². The molecule has 4 rings (SSSR count). The number of halogens is 1. The maximum Gasteiger partial charge on any atom is 0.119 e. The van der Waals surface area contributed by atoms with E-state index in [2.05, 4.69) is 10.3 Å². The SMILES string of the molecule is CCOc1ccc(Cc2cc([C@@H]3O[C@H](Cn4nncc4CO)[C@@H](O)[C@H](O)[C@H]3O)ccc2Cl)cc1. The van der Waals surface area contributed by atoms with E-state index < -0.39 is 30.5 Å². The van der Waals surface area contributed by atoms with Gasteiger partial charge in [-0.1, -0.05) is 41.1 Å². The predicted molar refractivity (Wildman–Crippen MR) is 123 cm³/mol. The number of aliphatic hydroxyl groups is 4. The van der Waals surface area contributed by atoms with Gasteiger partial charge in [0.15, 0.2) is 0 Å². The third-order valence-corrected chi connectivity index (χ3v) is 6.32. The van der Waals surface area contributed by atoms with Gasteiger partial charge in [-0.05, 0) is 48.2 Å². The van der Waals surface area contributed by atoms with E-state index in [1.165, 1.54) is 10.9 Å². The average molecular weight is 490 g/mol. The molecule has 0 bridgehead atoms. The molecule has 2 aromatic carbocycles. The smallest absolute Gasteiger partial charge is 0.119 e. The van der Waals surface area contributed by atoms with Gasteiger partial charge in [-0.15, -0.1) is 5.10 Å². The average Bonchev–Trinajstić information content (AvgIpc) is 3.29. The molecule has 0 radical (unpaired) electrons. The van der Waals surface area contributed by atoms with E-state index in [1.54, 1.807) is 12.1 Å². The van der Waals surface area contributed by atoms with Crippen molar-refractivity contribution >= 4 is 11.6 Å². The lowest BCUT2D eigenvalue weighted by Crippen LogP contribution is -2.55. The molecule has 1 saturated heterocycles. The molecule has 1 aliphatic heterocycles. The van der Waals surface area contributed by atoms with Crippen LogP contribution >= 0.6 is 11.6 Å². The first-order chi connectivity index (χ1) is 16.4. The van der Waals surface area contributed by atoms with Crippen molar-refractivity contribution in [1.82, 2.24) is 15.0 Å². The van der Waals surface area contributed by atoms with Crippen molar-refractivity contribution in [3.8, 4) is 5.75 Å². The van der Waals surface area contributed by atoms with Gasteiger partial charge in [-0.3, -0.25) is 0 Å². The van der Waals surface area contributed by atoms with E-state index in [0.717, 1.165) is 16.9 Å². The Morgan fingerprint density at radius 3 is 2.53 bits per heavy atom. The number of aliphatic hydroxyl groups excluding tert-OH is 4. The first kappa shape index (κ1) is 24.6. The largest absolute Gasteiger partial charge is 0.494 e. The molecule has 34 heavy (non-hydrogen) atoms. The fourth-order valence-electron chi connectivity index (χ4n) is 4.10. The van der Waals surface area contributed by atoms with Crippen LogP contribution < -0.4 is 4.74 Å². The maximum absolute atomic E-state index is 10.7. The molecule has 1 fully saturated rings. The summed E-state index contributed by atoms with van der Waals surface area (Å²) in [6.07, 6.45) is -3.97. The summed E-state index contributed by atoms with van der Waals surface area (Å²) < 4.78 is 12.9. The molecule has 0 saturated carbocycles. The first-order valence-electron chi connectivity index (χ1n) is 11.1. The lowest BCUT2D eigenvalue weighted by Gasteiger charge is -2.41. The molecule has 1 aromatic heterocycles. The third-order valence-electron chi connectivity index (χ3n) is 5.95. The van der Waals surface area contributed by atoms with Crippen LogP contribution in [0.4, 0.5) is 0 Å². The Hall–Kier alpha value is -2.53. The van der Waals surface area contributed by atoms with Crippen molar-refractivity contribution < 1.29 is 29.9 Å². The van der Waals surface area contributed by atoms with Crippen LogP contribution in [-0.4, -0.2) is 66.4 Å². The number of ether oxygens (including phenoxy) is 2. The molecule has 1 aliphatic rings. The molecule has 5 atom stereocenters. The number of nitrogens with zero attached hydrogens (tertiary/aromatic N) is 3. The summed E-state index contributed by atoms with van der Waals surface area (Å²) in [5, 5.41) is 49.3. The molecule has 2 heterocycles. The van der Waals surface area contributed by atoms with Gasteiger partial charge >= 0.3 is 0 Å². The molecule has 0 amide bonds. The van der Waals surface area contributed by atoms with Gasteiger partial charge in [-0.25, -0.2) is 4.68 Å². The quantitative estimate of drug-likeness (QED) is 0.375. The minimum Gasteiger partial charge on any atom is -0.494 e. The Morgan fingerprint density at radius 2 is 1.82 bits per heavy atom. The minimum atomic E-state index is -1.44. The lowest BCUT2D eigenvalue weighted by atomic mass is 9.90. The Labute approximate surface area is 202 Å². The molecule has 10 heteroatoms. The highest BCUT2D eigenvalue weighted by Crippen LogP contribution is 2.35. The lowest BCUT2D eigenvalue weighted by molar-refractivity contribution is -0.228. The zero-order chi connectivity index (χ0) is 24.2. The summed E-state index contributed by atoms with van der Waals surface area (Å²) in [6, 6.07) is 13.0. The van der Waals surface area contributed by atoms with E-state index in [0.29, 0.717) is 29.3 Å². The van der Waals surface area contributed by atoms with Crippen LogP contribution in [0.3, 0.4) is 0 Å². The molecular formula is C24H28ClN3O6. The van der Waals surface area contributed by atoms with Crippen molar-refractivity contribution in [3.63, 3.8) is 0 Å². The van der Waals surface area contributed by atoms with Gasteiger partial charge in [-0.2, -0.15) is 0 Å². The number of benzene rings is 2. The van der Waals surface area contributed by atoms with Crippen LogP contribution in [0.2, 0.25) is 5.02 Å². The standard InChI is InChI=1S/C24H28ClN3O6/c1-2-33-18-6-3-14(4-7-18)9-16-10-15(5-8-19(16)25)24-23(32)22(31)21(30)20(34-24)12-28-17(13-29)11-26-27-28/h3-8,10-11,20-24,29-32H,2,9,12-13H2,1H3/t20-,21-,22+,23-,24+/m1/s1. The van der Waals surface area contributed by atoms with Crippen LogP contribution in [0.5, 0.6) is 5.75 Å². The summed E-state index contributed by atoms with van der Waals surface area (Å²) in [5.41, 5.74) is 2.92. The van der Waals surface area contributed by atoms with Gasteiger partial charge in [0.05, 0.1) is 31.6 Å². The summed E-state index contributed by atoms with van der Waals surface area (Å²) in [7, 11) is 0. The highest BCUT2D eigenvalue weighted by molar-refractivity contribution is 6.31. The van der Waals surface area contributed by atoms with Crippen molar-refractivity contribution in [2.24, 2.45) is 0 Å². The topological polar surface area (TPSA) is 130 Å². The zero-order valence-electron chi connectivity index (χ0n) is 18.7. The van der Waals surface area contributed by atoms with Crippen LogP contribution in [0.15, 0.2) is 48.7 Å². The summed E-state index contributed by atoms with van der Waals surface area (Å²) >= 11 is 6.45. The van der Waals surface area contributed by atoms with E-state index >= 15 is 0 Å². The highest BCUT2D eigenvalue weighted by atomic mass is 35.5. The summed E-state index contributed by atoms with van der Waals surface area (Å²) in [5.74, 6) is 0.792. The van der Waals surface area contributed by atoms with E-state index in [1.807, 2.05) is 37.3 Å². The van der Waals surface area contributed by atoms with Crippen molar-refractivity contribution in [2.45, 2.75) is 57.0 Å². The maximum atomic E-state index is 10.7. The fraction of sp³-hybridized carbons (Fsp3) is 0.417. The van der Waals surface area contributed by atoms with Gasteiger partial charge < -0.3 is 29.9 Å². The van der Waals surface area contributed by atoms with E-state index in [9.17, 15) is 20.4 Å². The first-order valence-corrected chi connectivity index (χ1v) is 11.5. The normalized spacial score (nSPS) is 24.8. The fourth-order valence-corrected chi connectivity index (χ4v) is 4.28. The molecule has 4 N–H and O–H groups in total. The molecule has 0 aliphatic carbocycles. The number of rotatable bonds is 8. The van der Waals surface area contributed by atoms with Crippen molar-refractivity contribution in [2.75, 3.05) is 6.61 Å². The van der Waals surface area contributed by atoms with Crippen LogP contribution in [0.25, 0.3) is 0 Å². The van der Waals surface area contributed by atoms with Crippen molar-refractivity contribution in [1.29, 1.82) is 0 Å². The predicted octanol–water partition coefficient (Wildman–Crippen LogP) is 1.64. The molecule has 0 spiro atoms. The Morgan fingerprint density at radius 1 is 1.06 bits per heavy atom. The Bertz CT molecular complexity index is 1090.